The van der Waals surface area contributed by atoms with Crippen LogP contribution in [0.4, 0.5) is 10.1 Å². The van der Waals surface area contributed by atoms with Crippen LogP contribution in [0.2, 0.25) is 0 Å². The third-order valence-corrected chi connectivity index (χ3v) is 5.05. The van der Waals surface area contributed by atoms with Crippen molar-refractivity contribution in [2.75, 3.05) is 5.32 Å². The molecule has 0 saturated carbocycles. The topological polar surface area (TPSA) is 77.4 Å². The number of halogens is 1. The van der Waals surface area contributed by atoms with Crippen molar-refractivity contribution in [3.63, 3.8) is 0 Å². The number of aromatic nitrogens is 4. The van der Waals surface area contributed by atoms with Gasteiger partial charge in [-0.1, -0.05) is 18.2 Å². The molecular formula is C24H20FN5O2. The Morgan fingerprint density at radius 1 is 1.06 bits per heavy atom. The fourth-order valence-corrected chi connectivity index (χ4v) is 3.52. The van der Waals surface area contributed by atoms with Crippen molar-refractivity contribution in [2.24, 2.45) is 0 Å². The Balaban J connectivity index is 1.16. The summed E-state index contributed by atoms with van der Waals surface area (Å²) < 4.78 is 23.3. The lowest BCUT2D eigenvalue weighted by Gasteiger charge is -2.02. The minimum absolute atomic E-state index is 0.152. The van der Waals surface area contributed by atoms with E-state index in [0.29, 0.717) is 35.7 Å². The number of hydrogen-bond acceptors (Lipinski definition) is 4. The van der Waals surface area contributed by atoms with Crippen molar-refractivity contribution >= 4 is 17.2 Å². The van der Waals surface area contributed by atoms with Gasteiger partial charge in [-0.3, -0.25) is 9.48 Å². The van der Waals surface area contributed by atoms with E-state index >= 15 is 0 Å². The van der Waals surface area contributed by atoms with E-state index in [1.165, 1.54) is 6.07 Å². The smallest absolute Gasteiger partial charge is 0.224 e. The van der Waals surface area contributed by atoms with Crippen molar-refractivity contribution in [3.8, 4) is 11.3 Å². The summed E-state index contributed by atoms with van der Waals surface area (Å²) in [6.07, 6.45) is 7.92. The molecule has 160 valence electrons. The Bertz CT molecular complexity index is 1350. The number of anilines is 1. The van der Waals surface area contributed by atoms with Crippen molar-refractivity contribution in [1.29, 1.82) is 0 Å². The first-order valence-corrected chi connectivity index (χ1v) is 10.2. The van der Waals surface area contributed by atoms with E-state index in [2.05, 4.69) is 15.4 Å². The zero-order valence-corrected chi connectivity index (χ0v) is 17.1. The number of pyridine rings is 1. The van der Waals surface area contributed by atoms with E-state index in [9.17, 15) is 9.18 Å². The Hall–Kier alpha value is -4.20. The van der Waals surface area contributed by atoms with E-state index in [-0.39, 0.29) is 18.1 Å². The van der Waals surface area contributed by atoms with Crippen LogP contribution in [0.15, 0.2) is 83.8 Å². The second-order valence-electron chi connectivity index (χ2n) is 7.42. The van der Waals surface area contributed by atoms with Gasteiger partial charge in [0.25, 0.3) is 0 Å². The maximum absolute atomic E-state index is 13.9. The van der Waals surface area contributed by atoms with Gasteiger partial charge in [-0.05, 0) is 36.4 Å². The lowest BCUT2D eigenvalue weighted by molar-refractivity contribution is -0.116. The van der Waals surface area contributed by atoms with E-state index in [4.69, 9.17) is 4.42 Å². The number of fused-ring (bicyclic) bond motifs is 1. The van der Waals surface area contributed by atoms with Gasteiger partial charge in [-0.15, -0.1) is 0 Å². The summed E-state index contributed by atoms with van der Waals surface area (Å²) in [5.74, 6) is 0.584. The number of rotatable bonds is 7. The number of benzene rings is 1. The van der Waals surface area contributed by atoms with Gasteiger partial charge in [-0.2, -0.15) is 5.10 Å². The van der Waals surface area contributed by atoms with Crippen molar-refractivity contribution in [3.05, 3.63) is 96.7 Å². The highest BCUT2D eigenvalue weighted by Crippen LogP contribution is 2.25. The quantitative estimate of drug-likeness (QED) is 0.412. The number of amides is 1. The number of hydrogen-bond donors (Lipinski definition) is 1. The van der Waals surface area contributed by atoms with Gasteiger partial charge in [0.2, 0.25) is 5.91 Å². The number of aryl methyl sites for hydroxylation is 1. The van der Waals surface area contributed by atoms with E-state index < -0.39 is 0 Å². The summed E-state index contributed by atoms with van der Waals surface area (Å²) in [6.45, 7) is 0.503. The molecule has 0 aliphatic carbocycles. The van der Waals surface area contributed by atoms with Crippen LogP contribution in [0.1, 0.15) is 17.9 Å². The minimum Gasteiger partial charge on any atom is -0.461 e. The summed E-state index contributed by atoms with van der Waals surface area (Å²) >= 11 is 0. The first-order chi connectivity index (χ1) is 15.6. The molecule has 8 heteroatoms. The van der Waals surface area contributed by atoms with Gasteiger partial charge in [0.05, 0.1) is 29.7 Å². The lowest BCUT2D eigenvalue weighted by Crippen LogP contribution is -2.11. The molecule has 1 N–H and O–H groups in total. The second kappa shape index (κ2) is 8.50. The number of nitrogens with one attached hydrogen (secondary N) is 1. The molecular weight excluding hydrogens is 409 g/mol. The van der Waals surface area contributed by atoms with Gasteiger partial charge in [0.1, 0.15) is 23.0 Å². The largest absolute Gasteiger partial charge is 0.461 e. The molecule has 5 aromatic rings. The third kappa shape index (κ3) is 4.29. The fourth-order valence-electron chi connectivity index (χ4n) is 3.52. The molecule has 4 heterocycles. The second-order valence-corrected chi connectivity index (χ2v) is 7.42. The average molecular weight is 429 g/mol. The van der Waals surface area contributed by atoms with Crippen LogP contribution in [0.3, 0.4) is 0 Å². The Kier molecular flexibility index (Phi) is 5.25. The average Bonchev–Trinajstić information content (AvgIpc) is 3.52. The van der Waals surface area contributed by atoms with Crippen molar-refractivity contribution in [1.82, 2.24) is 19.2 Å². The number of carbonyl (C=O) groups is 1. The highest BCUT2D eigenvalue weighted by molar-refractivity contribution is 5.90. The third-order valence-electron chi connectivity index (χ3n) is 5.05. The molecule has 0 bridgehead atoms. The monoisotopic (exact) mass is 429 g/mol. The van der Waals surface area contributed by atoms with Crippen molar-refractivity contribution in [2.45, 2.75) is 19.4 Å². The van der Waals surface area contributed by atoms with Gasteiger partial charge in [0, 0.05) is 31.4 Å². The zero-order chi connectivity index (χ0) is 21.9. The molecule has 1 amide bonds. The van der Waals surface area contributed by atoms with Gasteiger partial charge in [0.15, 0.2) is 0 Å². The molecule has 0 aliphatic heterocycles. The number of furan rings is 1. The van der Waals surface area contributed by atoms with Gasteiger partial charge < -0.3 is 14.1 Å². The molecule has 0 radical (unpaired) electrons. The molecule has 0 saturated heterocycles. The fraction of sp³-hybridized carbons (Fsp3) is 0.125. The summed E-state index contributed by atoms with van der Waals surface area (Å²) in [7, 11) is 0. The summed E-state index contributed by atoms with van der Waals surface area (Å²) in [4.78, 5) is 16.9. The first kappa shape index (κ1) is 19.7. The molecule has 5 rings (SSSR count). The zero-order valence-electron chi connectivity index (χ0n) is 17.1. The molecule has 0 aliphatic rings. The van der Waals surface area contributed by atoms with Crippen LogP contribution in [-0.2, 0) is 17.8 Å². The molecule has 32 heavy (non-hydrogen) atoms. The molecule has 4 aromatic heterocycles. The van der Waals surface area contributed by atoms with Crippen LogP contribution >= 0.6 is 0 Å². The van der Waals surface area contributed by atoms with Crippen LogP contribution < -0.4 is 5.32 Å². The van der Waals surface area contributed by atoms with Crippen LogP contribution in [0.5, 0.6) is 0 Å². The first-order valence-electron chi connectivity index (χ1n) is 10.2. The number of imidazole rings is 1. The highest BCUT2D eigenvalue weighted by Gasteiger charge is 2.11. The summed E-state index contributed by atoms with van der Waals surface area (Å²) in [6, 6.07) is 15.7. The lowest BCUT2D eigenvalue weighted by atomic mass is 10.1. The molecule has 0 spiro atoms. The SMILES string of the molecule is O=C(CCc1ccc(-c2ccccc2F)o1)Nc1cnn(Cc2cn3ccccc3n2)c1. The summed E-state index contributed by atoms with van der Waals surface area (Å²) in [5.41, 5.74) is 2.77. The Morgan fingerprint density at radius 2 is 1.94 bits per heavy atom. The van der Waals surface area contributed by atoms with Crippen molar-refractivity contribution < 1.29 is 13.6 Å². The Morgan fingerprint density at radius 3 is 2.81 bits per heavy atom. The number of carbonyl (C=O) groups excluding carboxylic acids is 1. The van der Waals surface area contributed by atoms with Crippen LogP contribution in [0.25, 0.3) is 17.0 Å². The molecule has 0 fully saturated rings. The van der Waals surface area contributed by atoms with E-state index in [1.54, 1.807) is 47.4 Å². The predicted octanol–water partition coefficient (Wildman–Crippen LogP) is 4.55. The normalized spacial score (nSPS) is 11.2. The molecule has 7 nitrogen and oxygen atoms in total. The van der Waals surface area contributed by atoms with Gasteiger partial charge in [-0.25, -0.2) is 9.37 Å². The standard InChI is InChI=1S/C24H20FN5O2/c25-21-6-2-1-5-20(21)22-10-8-19(32-22)9-11-24(31)28-17-13-26-30(15-17)16-18-14-29-12-4-3-7-23(29)27-18/h1-8,10,12-15H,9,11,16H2,(H,28,31). The molecule has 0 atom stereocenters. The van der Waals surface area contributed by atoms with Gasteiger partial charge >= 0.3 is 0 Å². The maximum Gasteiger partial charge on any atom is 0.224 e. The summed E-state index contributed by atoms with van der Waals surface area (Å²) in [5, 5.41) is 7.14. The Labute approximate surface area is 183 Å². The minimum atomic E-state index is -0.341. The van der Waals surface area contributed by atoms with E-state index in [0.717, 1.165) is 11.3 Å². The van der Waals surface area contributed by atoms with Crippen LogP contribution in [-0.4, -0.2) is 25.1 Å². The highest BCUT2D eigenvalue weighted by atomic mass is 19.1. The number of nitrogens with zero attached hydrogens (tertiary/aromatic N) is 4. The molecule has 0 unspecified atom stereocenters. The van der Waals surface area contributed by atoms with E-state index in [1.807, 2.05) is 35.0 Å². The predicted molar refractivity (Wildman–Crippen MR) is 118 cm³/mol. The van der Waals surface area contributed by atoms with Crippen LogP contribution in [0, 0.1) is 5.82 Å². The maximum atomic E-state index is 13.9. The molecule has 1 aromatic carbocycles.